The summed E-state index contributed by atoms with van der Waals surface area (Å²) in [5.74, 6) is 0.724. The van der Waals surface area contributed by atoms with E-state index in [1.807, 2.05) is 26.1 Å². The second-order valence-corrected chi connectivity index (χ2v) is 9.62. The Morgan fingerprint density at radius 2 is 2.00 bits per heavy atom. The number of hydrogen-bond acceptors (Lipinski definition) is 8. The Labute approximate surface area is 187 Å². The van der Waals surface area contributed by atoms with Gasteiger partial charge in [0.15, 0.2) is 17.2 Å². The van der Waals surface area contributed by atoms with Crippen LogP contribution in [0.2, 0.25) is 0 Å². The Hall–Kier alpha value is -2.29. The number of hydrogen-bond donors (Lipinski definition) is 1. The van der Waals surface area contributed by atoms with E-state index in [1.165, 1.54) is 12.7 Å². The number of allylic oxidation sites excluding steroid dienone is 1. The number of benzene rings is 1. The number of nitrogens with zero attached hydrogens (tertiary/aromatic N) is 2. The smallest absolute Gasteiger partial charge is 0.315 e. The number of aliphatic hydroxyl groups excluding tert-OH is 1. The van der Waals surface area contributed by atoms with Gasteiger partial charge in [-0.1, -0.05) is 11.6 Å². The van der Waals surface area contributed by atoms with Crippen molar-refractivity contribution in [2.45, 2.75) is 43.2 Å². The van der Waals surface area contributed by atoms with E-state index in [0.29, 0.717) is 17.9 Å². The summed E-state index contributed by atoms with van der Waals surface area (Å²) in [6.45, 7) is 2.44. The van der Waals surface area contributed by atoms with Crippen molar-refractivity contribution < 1.29 is 28.8 Å². The van der Waals surface area contributed by atoms with Crippen molar-refractivity contribution >= 4 is 11.7 Å². The summed E-state index contributed by atoms with van der Waals surface area (Å²) < 4.78 is 23.6. The van der Waals surface area contributed by atoms with E-state index >= 15 is 0 Å². The number of ether oxygens (including phenoxy) is 4. The third-order valence-electron chi connectivity index (χ3n) is 9.25. The Morgan fingerprint density at radius 3 is 2.62 bits per heavy atom. The van der Waals surface area contributed by atoms with Crippen LogP contribution in [0.1, 0.15) is 25.3 Å². The fourth-order valence-corrected chi connectivity index (χ4v) is 8.15. The van der Waals surface area contributed by atoms with Gasteiger partial charge >= 0.3 is 5.97 Å². The van der Waals surface area contributed by atoms with Crippen molar-refractivity contribution in [1.29, 1.82) is 0 Å². The molecular weight excluding hydrogens is 412 g/mol. The summed E-state index contributed by atoms with van der Waals surface area (Å²) in [5.41, 5.74) is 0.352. The molecule has 1 spiro atoms. The number of piperidine rings is 2. The average Bonchev–Trinajstić information content (AvgIpc) is 3.43. The van der Waals surface area contributed by atoms with Gasteiger partial charge in [0.1, 0.15) is 11.6 Å². The second kappa shape index (κ2) is 6.18. The van der Waals surface area contributed by atoms with Gasteiger partial charge in [-0.05, 0) is 25.0 Å². The maximum absolute atomic E-state index is 13.8. The Morgan fingerprint density at radius 1 is 1.28 bits per heavy atom. The monoisotopic (exact) mass is 442 g/mol. The van der Waals surface area contributed by atoms with Gasteiger partial charge in [0.25, 0.3) is 0 Å². The second-order valence-electron chi connectivity index (χ2n) is 9.62. The van der Waals surface area contributed by atoms with Crippen LogP contribution >= 0.6 is 0 Å². The predicted octanol–water partition coefficient (Wildman–Crippen LogP) is 1.65. The molecule has 8 heteroatoms. The number of likely N-dealkylation sites (N-methyl/N-ethyl adjacent to an activating group) is 1. The normalized spacial score (nSPS) is 41.8. The van der Waals surface area contributed by atoms with Crippen molar-refractivity contribution in [2.75, 3.05) is 46.4 Å². The predicted molar refractivity (Wildman–Crippen MR) is 116 cm³/mol. The number of carbonyl (C=O) groups is 1. The maximum atomic E-state index is 13.8. The number of methoxy groups -OCH3 is 3. The van der Waals surface area contributed by atoms with Gasteiger partial charge in [-0.25, -0.2) is 0 Å². The Kier molecular flexibility index (Phi) is 3.93. The number of rotatable bonds is 4. The molecule has 0 aromatic heterocycles. The molecule has 1 aromatic carbocycles. The number of carbonyl (C=O) groups excluding carboxylic acids is 1. The van der Waals surface area contributed by atoms with Crippen LogP contribution in [-0.2, 0) is 19.7 Å². The highest BCUT2D eigenvalue weighted by Crippen LogP contribution is 2.78. The standard InChI is InChI=1S/C24H30N2O6/c1-6-13-11-26-19-8-14(13)22(12-27,21(28)31-5)23-10-20(26)32-24(19,23)25(2)16-9-18(30-4)17(29-3)7-15(16)23/h6-7,9,14,19-20,27H,8,10-12H2,1-5H3/b13-6-/t14-,19-,20-,22-,23-,24-/m0/s1. The highest BCUT2D eigenvalue weighted by atomic mass is 16.6. The molecule has 1 aromatic rings. The minimum Gasteiger partial charge on any atom is -0.493 e. The molecule has 0 radical (unpaired) electrons. The van der Waals surface area contributed by atoms with E-state index in [9.17, 15) is 9.90 Å². The molecule has 8 nitrogen and oxygen atoms in total. The van der Waals surface area contributed by atoms with Crippen LogP contribution in [0.5, 0.6) is 11.5 Å². The molecule has 4 bridgehead atoms. The first-order valence-electron chi connectivity index (χ1n) is 11.2. The summed E-state index contributed by atoms with van der Waals surface area (Å²) in [6.07, 6.45) is 3.32. The summed E-state index contributed by atoms with van der Waals surface area (Å²) in [6, 6.07) is 4.06. The molecule has 6 rings (SSSR count). The molecule has 4 fully saturated rings. The minimum atomic E-state index is -1.17. The molecule has 172 valence electrons. The lowest BCUT2D eigenvalue weighted by Crippen LogP contribution is -2.79. The van der Waals surface area contributed by atoms with Crippen LogP contribution in [-0.4, -0.2) is 75.5 Å². The van der Waals surface area contributed by atoms with Gasteiger partial charge in [0.05, 0.1) is 39.4 Å². The van der Waals surface area contributed by atoms with Crippen LogP contribution in [0.15, 0.2) is 23.8 Å². The Bertz CT molecular complexity index is 1060. The molecule has 1 saturated carbocycles. The third-order valence-corrected chi connectivity index (χ3v) is 9.25. The first kappa shape index (κ1) is 20.3. The SMILES string of the molecule is C/C=C1/CN2[C@@H]3C[C@@]45c6cc(OC)c(OC)cc6N(C)[C@]4(O3)[C@@H]2C[C@@H]1[C@@]5(CO)C(=O)OC. The largest absolute Gasteiger partial charge is 0.493 e. The van der Waals surface area contributed by atoms with Crippen molar-refractivity contribution in [3.05, 3.63) is 29.3 Å². The lowest BCUT2D eigenvalue weighted by atomic mass is 9.42. The molecule has 6 atom stereocenters. The van der Waals surface area contributed by atoms with Crippen molar-refractivity contribution in [1.82, 2.24) is 4.90 Å². The zero-order valence-corrected chi connectivity index (χ0v) is 19.2. The fraction of sp³-hybridized carbons (Fsp3) is 0.625. The fourth-order valence-electron chi connectivity index (χ4n) is 8.15. The first-order valence-corrected chi connectivity index (χ1v) is 11.2. The van der Waals surface area contributed by atoms with Crippen LogP contribution in [0.4, 0.5) is 5.69 Å². The summed E-state index contributed by atoms with van der Waals surface area (Å²) in [7, 11) is 6.68. The van der Waals surface area contributed by atoms with Gasteiger partial charge in [-0.3, -0.25) is 9.69 Å². The van der Waals surface area contributed by atoms with Gasteiger partial charge in [0, 0.05) is 37.7 Å². The summed E-state index contributed by atoms with van der Waals surface area (Å²) in [5, 5.41) is 11.1. The van der Waals surface area contributed by atoms with Crippen LogP contribution in [0, 0.1) is 11.3 Å². The lowest BCUT2D eigenvalue weighted by Gasteiger charge is -2.65. The third kappa shape index (κ3) is 1.74. The highest BCUT2D eigenvalue weighted by Gasteiger charge is 2.88. The lowest BCUT2D eigenvalue weighted by molar-refractivity contribution is -0.194. The van der Waals surface area contributed by atoms with E-state index in [2.05, 4.69) is 15.9 Å². The van der Waals surface area contributed by atoms with Crippen molar-refractivity contribution in [2.24, 2.45) is 11.3 Å². The zero-order valence-electron chi connectivity index (χ0n) is 19.2. The van der Waals surface area contributed by atoms with Crippen LogP contribution in [0.25, 0.3) is 0 Å². The van der Waals surface area contributed by atoms with Crippen LogP contribution in [0.3, 0.4) is 0 Å². The zero-order chi connectivity index (χ0) is 22.6. The van der Waals surface area contributed by atoms with Crippen LogP contribution < -0.4 is 14.4 Å². The van der Waals surface area contributed by atoms with E-state index < -0.39 is 16.6 Å². The molecule has 1 N–H and O–H groups in total. The van der Waals surface area contributed by atoms with E-state index in [1.54, 1.807) is 14.2 Å². The summed E-state index contributed by atoms with van der Waals surface area (Å²) >= 11 is 0. The van der Waals surface area contributed by atoms with Gasteiger partial charge in [-0.2, -0.15) is 0 Å². The molecular formula is C24H30N2O6. The number of aliphatic hydroxyl groups is 1. The van der Waals surface area contributed by atoms with Gasteiger partial charge in [-0.15, -0.1) is 0 Å². The summed E-state index contributed by atoms with van der Waals surface area (Å²) in [4.78, 5) is 18.4. The van der Waals surface area contributed by atoms with E-state index in [0.717, 1.165) is 24.2 Å². The number of esters is 1. The minimum absolute atomic E-state index is 0.105. The molecule has 3 saturated heterocycles. The molecule has 32 heavy (non-hydrogen) atoms. The number of anilines is 1. The average molecular weight is 443 g/mol. The van der Waals surface area contributed by atoms with E-state index in [4.69, 9.17) is 18.9 Å². The topological polar surface area (TPSA) is 80.7 Å². The quantitative estimate of drug-likeness (QED) is 0.557. The molecule has 5 aliphatic rings. The molecule has 4 aliphatic heterocycles. The highest BCUT2D eigenvalue weighted by molar-refractivity contribution is 5.86. The van der Waals surface area contributed by atoms with Crippen molar-refractivity contribution in [3.63, 3.8) is 0 Å². The Balaban J connectivity index is 1.74. The molecule has 1 aliphatic carbocycles. The van der Waals surface area contributed by atoms with Gasteiger partial charge in [0.2, 0.25) is 0 Å². The maximum Gasteiger partial charge on any atom is 0.315 e. The first-order chi connectivity index (χ1) is 15.4. The van der Waals surface area contributed by atoms with E-state index in [-0.39, 0.29) is 30.8 Å². The molecule has 0 amide bonds. The van der Waals surface area contributed by atoms with Gasteiger partial charge < -0.3 is 29.0 Å². The molecule has 0 unspecified atom stereocenters. The van der Waals surface area contributed by atoms with Crippen molar-refractivity contribution in [3.8, 4) is 11.5 Å². The number of fused-ring (bicyclic) bond motifs is 4. The molecule has 4 heterocycles.